The van der Waals surface area contributed by atoms with E-state index in [9.17, 15) is 4.79 Å². The molecule has 2 fully saturated rings. The van der Waals surface area contributed by atoms with Crippen LogP contribution in [-0.4, -0.2) is 43.9 Å². The molecule has 3 aromatic rings. The number of fused-ring (bicyclic) bond motifs is 3. The minimum absolute atomic E-state index is 0.202. The van der Waals surface area contributed by atoms with Crippen molar-refractivity contribution in [2.24, 2.45) is 0 Å². The van der Waals surface area contributed by atoms with Gasteiger partial charge in [0.1, 0.15) is 17.8 Å². The molecule has 4 atom stereocenters. The highest BCUT2D eigenvalue weighted by Crippen LogP contribution is 2.48. The van der Waals surface area contributed by atoms with Crippen LogP contribution in [0.15, 0.2) is 47.8 Å². The number of aromatic amines is 1. The van der Waals surface area contributed by atoms with Gasteiger partial charge in [0.25, 0.3) is 5.56 Å². The first-order chi connectivity index (χ1) is 13.2. The summed E-state index contributed by atoms with van der Waals surface area (Å²) in [7, 11) is 0. The highest BCUT2D eigenvalue weighted by molar-refractivity contribution is 5.68. The lowest BCUT2D eigenvalue weighted by molar-refractivity contribution is -0.174. The van der Waals surface area contributed by atoms with Crippen molar-refractivity contribution in [1.29, 1.82) is 0 Å². The molecule has 140 valence electrons. The highest BCUT2D eigenvalue weighted by atomic mass is 16.7. The van der Waals surface area contributed by atoms with E-state index in [1.807, 2.05) is 30.3 Å². The summed E-state index contributed by atoms with van der Waals surface area (Å²) in [6, 6.07) is 10.0. The standard InChI is InChI=1S/C19H20N4O4/c1-2-19-9-26-14(15(19)25-8-12-6-4-3-5-7-12)18(27-19)23-11-22-13-16(23)20-10-21-17(13)24/h3-7,10-11,14-15,18H,2,8-9H2,1H3,(H,20,21,24)/t14-,15?,18+,19-/m0/s1. The molecule has 1 aromatic carbocycles. The molecule has 27 heavy (non-hydrogen) atoms. The summed E-state index contributed by atoms with van der Waals surface area (Å²) in [5, 5.41) is 0. The molecule has 2 aliphatic rings. The Balaban J connectivity index is 1.46. The van der Waals surface area contributed by atoms with Gasteiger partial charge in [-0.25, -0.2) is 9.97 Å². The molecule has 0 spiro atoms. The van der Waals surface area contributed by atoms with Crippen molar-refractivity contribution < 1.29 is 14.2 Å². The number of nitrogens with zero attached hydrogens (tertiary/aromatic N) is 3. The Morgan fingerprint density at radius 3 is 3.00 bits per heavy atom. The number of hydrogen-bond donors (Lipinski definition) is 1. The number of aromatic nitrogens is 4. The smallest absolute Gasteiger partial charge is 0.278 e. The van der Waals surface area contributed by atoms with Crippen molar-refractivity contribution in [3.63, 3.8) is 0 Å². The lowest BCUT2D eigenvalue weighted by atomic mass is 9.96. The van der Waals surface area contributed by atoms with Gasteiger partial charge in [-0.1, -0.05) is 37.3 Å². The van der Waals surface area contributed by atoms with E-state index in [1.54, 1.807) is 10.9 Å². The fraction of sp³-hybridized carbons (Fsp3) is 0.421. The van der Waals surface area contributed by atoms with Gasteiger partial charge >= 0.3 is 0 Å². The van der Waals surface area contributed by atoms with E-state index in [2.05, 4.69) is 21.9 Å². The Morgan fingerprint density at radius 2 is 2.19 bits per heavy atom. The van der Waals surface area contributed by atoms with Gasteiger partial charge in [0.15, 0.2) is 17.4 Å². The molecule has 0 saturated carbocycles. The van der Waals surface area contributed by atoms with Crippen LogP contribution in [0, 0.1) is 0 Å². The zero-order valence-electron chi connectivity index (χ0n) is 14.9. The Kier molecular flexibility index (Phi) is 3.85. The highest BCUT2D eigenvalue weighted by Gasteiger charge is 2.62. The largest absolute Gasteiger partial charge is 0.368 e. The van der Waals surface area contributed by atoms with Crippen LogP contribution in [0.4, 0.5) is 0 Å². The lowest BCUT2D eigenvalue weighted by Gasteiger charge is -2.30. The minimum Gasteiger partial charge on any atom is -0.368 e. The molecule has 1 N–H and O–H groups in total. The second-order valence-corrected chi connectivity index (χ2v) is 6.98. The molecule has 5 rings (SSSR count). The fourth-order valence-electron chi connectivity index (χ4n) is 4.00. The van der Waals surface area contributed by atoms with Crippen molar-refractivity contribution in [2.45, 2.75) is 44.0 Å². The average molecular weight is 368 g/mol. The number of benzene rings is 1. The van der Waals surface area contributed by atoms with Crippen LogP contribution in [0.2, 0.25) is 0 Å². The third kappa shape index (κ3) is 2.52. The van der Waals surface area contributed by atoms with Gasteiger partial charge in [0, 0.05) is 0 Å². The molecule has 2 bridgehead atoms. The third-order valence-electron chi connectivity index (χ3n) is 5.48. The molecule has 0 aliphatic carbocycles. The van der Waals surface area contributed by atoms with Crippen LogP contribution in [-0.2, 0) is 20.8 Å². The number of imidazole rings is 1. The molecular formula is C19H20N4O4. The fourth-order valence-corrected chi connectivity index (χ4v) is 4.00. The first-order valence-corrected chi connectivity index (χ1v) is 9.07. The van der Waals surface area contributed by atoms with Gasteiger partial charge < -0.3 is 19.2 Å². The predicted molar refractivity (Wildman–Crippen MR) is 96.1 cm³/mol. The maximum absolute atomic E-state index is 11.9. The van der Waals surface area contributed by atoms with E-state index in [4.69, 9.17) is 14.2 Å². The van der Waals surface area contributed by atoms with Crippen LogP contribution in [0.5, 0.6) is 0 Å². The van der Waals surface area contributed by atoms with Crippen LogP contribution in [0.1, 0.15) is 25.1 Å². The van der Waals surface area contributed by atoms with Crippen molar-refractivity contribution in [3.8, 4) is 0 Å². The molecule has 4 heterocycles. The van der Waals surface area contributed by atoms with E-state index in [-0.39, 0.29) is 23.3 Å². The second kappa shape index (κ2) is 6.26. The molecule has 2 saturated heterocycles. The van der Waals surface area contributed by atoms with Crippen LogP contribution >= 0.6 is 0 Å². The summed E-state index contributed by atoms with van der Waals surface area (Å²) < 4.78 is 20.5. The molecule has 8 nitrogen and oxygen atoms in total. The second-order valence-electron chi connectivity index (χ2n) is 6.98. The number of H-pyrrole nitrogens is 1. The molecule has 0 radical (unpaired) electrons. The predicted octanol–water partition coefficient (Wildman–Crippen LogP) is 1.78. The van der Waals surface area contributed by atoms with Crippen LogP contribution in [0.3, 0.4) is 0 Å². The molecular weight excluding hydrogens is 348 g/mol. The van der Waals surface area contributed by atoms with E-state index >= 15 is 0 Å². The first-order valence-electron chi connectivity index (χ1n) is 9.07. The van der Waals surface area contributed by atoms with Gasteiger partial charge in [-0.2, -0.15) is 0 Å². The quantitative estimate of drug-likeness (QED) is 0.738. The molecule has 0 amide bonds. The summed E-state index contributed by atoms with van der Waals surface area (Å²) in [6.45, 7) is 3.05. The topological polar surface area (TPSA) is 91.3 Å². The van der Waals surface area contributed by atoms with Crippen LogP contribution in [0.25, 0.3) is 11.2 Å². The van der Waals surface area contributed by atoms with E-state index in [0.29, 0.717) is 18.9 Å². The zero-order chi connectivity index (χ0) is 18.4. The van der Waals surface area contributed by atoms with Crippen molar-refractivity contribution >= 4 is 11.2 Å². The monoisotopic (exact) mass is 368 g/mol. The maximum Gasteiger partial charge on any atom is 0.278 e. The lowest BCUT2D eigenvalue weighted by Crippen LogP contribution is -2.41. The SMILES string of the molecule is CC[C@]12CO[C@@H](C1OCc1ccccc1)[C@H](n1cnc3c(=O)[nH]cnc31)O2. The van der Waals surface area contributed by atoms with Gasteiger partial charge in [-0.3, -0.25) is 9.36 Å². The number of ether oxygens (including phenoxy) is 3. The van der Waals surface area contributed by atoms with Gasteiger partial charge in [-0.05, 0) is 12.0 Å². The normalized spacial score (nSPS) is 29.6. The molecule has 2 aromatic heterocycles. The van der Waals surface area contributed by atoms with Crippen LogP contribution < -0.4 is 5.56 Å². The van der Waals surface area contributed by atoms with Gasteiger partial charge in [0.05, 0.1) is 25.9 Å². The Bertz CT molecular complexity index is 1020. The summed E-state index contributed by atoms with van der Waals surface area (Å²) in [4.78, 5) is 22.9. The van der Waals surface area contributed by atoms with Crippen molar-refractivity contribution in [1.82, 2.24) is 19.5 Å². The summed E-state index contributed by atoms with van der Waals surface area (Å²) in [5.41, 5.74) is 1.09. The van der Waals surface area contributed by atoms with Crippen molar-refractivity contribution in [3.05, 3.63) is 58.9 Å². The Labute approximate surface area is 155 Å². The number of nitrogens with one attached hydrogen (secondary N) is 1. The third-order valence-corrected chi connectivity index (χ3v) is 5.48. The minimum atomic E-state index is -0.512. The molecule has 2 aliphatic heterocycles. The number of hydrogen-bond acceptors (Lipinski definition) is 6. The van der Waals surface area contributed by atoms with E-state index in [1.165, 1.54) is 6.33 Å². The summed E-state index contributed by atoms with van der Waals surface area (Å²) in [6.07, 6.45) is 2.80. The Hall–Kier alpha value is -2.55. The van der Waals surface area contributed by atoms with Gasteiger partial charge in [-0.15, -0.1) is 0 Å². The number of rotatable bonds is 5. The summed E-state index contributed by atoms with van der Waals surface area (Å²) >= 11 is 0. The molecule has 1 unspecified atom stereocenters. The summed E-state index contributed by atoms with van der Waals surface area (Å²) in [5.74, 6) is 0. The first kappa shape index (κ1) is 16.6. The van der Waals surface area contributed by atoms with E-state index in [0.717, 1.165) is 12.0 Å². The molecule has 8 heteroatoms. The van der Waals surface area contributed by atoms with Gasteiger partial charge in [0.2, 0.25) is 0 Å². The van der Waals surface area contributed by atoms with E-state index < -0.39 is 11.8 Å². The maximum atomic E-state index is 11.9. The van der Waals surface area contributed by atoms with Crippen molar-refractivity contribution in [2.75, 3.05) is 6.61 Å². The average Bonchev–Trinajstić information content (AvgIpc) is 3.37. The Morgan fingerprint density at radius 1 is 1.33 bits per heavy atom. The zero-order valence-corrected chi connectivity index (χ0v) is 14.9.